The molecule has 0 saturated heterocycles. The summed E-state index contributed by atoms with van der Waals surface area (Å²) in [5.74, 6) is -0.231. The minimum atomic E-state index is -0.576. The number of hydrogen-bond donors (Lipinski definition) is 0. The van der Waals surface area contributed by atoms with Gasteiger partial charge in [-0.25, -0.2) is 0 Å². The summed E-state index contributed by atoms with van der Waals surface area (Å²) in [5.41, 5.74) is 0. The second kappa shape index (κ2) is 1.77. The smallest absolute Gasteiger partial charge is 0.390 e. The monoisotopic (exact) mass is 114 g/mol. The first kappa shape index (κ1) is 5.02. The molecule has 0 N–H and O–H groups in total. The summed E-state index contributed by atoms with van der Waals surface area (Å²) < 4.78 is 0. The molecule has 0 aliphatic carbocycles. The Morgan fingerprint density at radius 2 is 2.38 bits per heavy atom. The molecule has 0 saturated carbocycles. The zero-order valence-corrected chi connectivity index (χ0v) is 4.07. The minimum Gasteiger partial charge on any atom is -0.390 e. The first-order valence-corrected chi connectivity index (χ1v) is 2.17. The van der Waals surface area contributed by atoms with Crippen molar-refractivity contribution in [1.82, 2.24) is 5.32 Å². The van der Waals surface area contributed by atoms with Gasteiger partial charge in [0.1, 0.15) is 13.1 Å². The molecule has 0 aromatic rings. The number of nitro groups is 1. The highest BCUT2D eigenvalue weighted by atomic mass is 16.6. The summed E-state index contributed by atoms with van der Waals surface area (Å²) in [5, 5.41) is 13.3. The molecule has 0 bridgehead atoms. The molecule has 5 heteroatoms. The Labute approximate surface area is 45.6 Å². The molecule has 5 nitrogen and oxygen atoms in total. The maximum absolute atomic E-state index is 9.78. The Morgan fingerprint density at radius 3 is 2.62 bits per heavy atom. The number of rotatable bonds is 0. The molecule has 0 aromatic carbocycles. The second-order valence-corrected chi connectivity index (χ2v) is 1.32. The van der Waals surface area contributed by atoms with Crippen molar-refractivity contribution in [3.05, 3.63) is 10.1 Å². The van der Waals surface area contributed by atoms with Crippen LogP contribution < -0.4 is 5.32 Å². The third-order valence-electron chi connectivity index (χ3n) is 0.770. The molecule has 1 aliphatic rings. The molecule has 43 valence electrons. The highest BCUT2D eigenvalue weighted by Gasteiger charge is 2.19. The van der Waals surface area contributed by atoms with Gasteiger partial charge in [-0.2, -0.15) is 0 Å². The minimum absolute atomic E-state index is 0.231. The molecular formula is C3H4N3O2. The topological polar surface area (TPSA) is 69.6 Å². The molecule has 1 rings (SSSR count). The largest absolute Gasteiger partial charge is 0.458 e. The molecule has 0 atom stereocenters. The van der Waals surface area contributed by atoms with E-state index in [4.69, 9.17) is 0 Å². The van der Waals surface area contributed by atoms with E-state index in [-0.39, 0.29) is 5.96 Å². The van der Waals surface area contributed by atoms with Gasteiger partial charge in [0.15, 0.2) is 0 Å². The van der Waals surface area contributed by atoms with Crippen LogP contribution >= 0.6 is 0 Å². The molecular weight excluding hydrogens is 110 g/mol. The van der Waals surface area contributed by atoms with Gasteiger partial charge in [0.05, 0.1) is 0 Å². The van der Waals surface area contributed by atoms with Crippen LogP contribution in [0.4, 0.5) is 0 Å². The number of hydrogen-bond acceptors (Lipinski definition) is 3. The van der Waals surface area contributed by atoms with Crippen LogP contribution in [0.5, 0.6) is 0 Å². The summed E-state index contributed by atoms with van der Waals surface area (Å²) in [6, 6.07) is 0. The van der Waals surface area contributed by atoms with Gasteiger partial charge in [-0.15, -0.1) is 10.3 Å². The lowest BCUT2D eigenvalue weighted by Gasteiger charge is -1.86. The van der Waals surface area contributed by atoms with Gasteiger partial charge in [-0.1, -0.05) is 0 Å². The fraction of sp³-hybridized carbons (Fsp3) is 0.667. The van der Waals surface area contributed by atoms with Crippen LogP contribution in [0.15, 0.2) is 4.99 Å². The van der Waals surface area contributed by atoms with Crippen molar-refractivity contribution < 1.29 is 4.92 Å². The number of aliphatic imine (C=N–C) groups is 1. The third kappa shape index (κ3) is 0.749. The first-order valence-electron chi connectivity index (χ1n) is 2.17. The van der Waals surface area contributed by atoms with E-state index in [1.54, 1.807) is 0 Å². The second-order valence-electron chi connectivity index (χ2n) is 1.32. The lowest BCUT2D eigenvalue weighted by Crippen LogP contribution is -2.19. The van der Waals surface area contributed by atoms with Crippen LogP contribution in [-0.2, 0) is 0 Å². The van der Waals surface area contributed by atoms with E-state index >= 15 is 0 Å². The lowest BCUT2D eigenvalue weighted by molar-refractivity contribution is -0.354. The normalized spacial score (nSPS) is 17.2. The van der Waals surface area contributed by atoms with Crippen LogP contribution in [0.1, 0.15) is 0 Å². The van der Waals surface area contributed by atoms with E-state index in [2.05, 4.69) is 10.3 Å². The van der Waals surface area contributed by atoms with Crippen molar-refractivity contribution in [1.29, 1.82) is 0 Å². The van der Waals surface area contributed by atoms with Crippen molar-refractivity contribution in [3.8, 4) is 0 Å². The lowest BCUT2D eigenvalue weighted by atomic mass is 10.7. The molecule has 0 spiro atoms. The molecule has 0 aromatic heterocycles. The summed E-state index contributed by atoms with van der Waals surface area (Å²) in [4.78, 5) is 12.7. The summed E-state index contributed by atoms with van der Waals surface area (Å²) in [6.07, 6.45) is 0. The van der Waals surface area contributed by atoms with Crippen molar-refractivity contribution in [2.45, 2.75) is 0 Å². The number of nitrogens with zero attached hydrogens (tertiary/aromatic N) is 3. The van der Waals surface area contributed by atoms with Crippen molar-refractivity contribution in [2.24, 2.45) is 4.99 Å². The van der Waals surface area contributed by atoms with E-state index in [1.165, 1.54) is 0 Å². The molecule has 8 heavy (non-hydrogen) atoms. The average molecular weight is 114 g/mol. The standard InChI is InChI=1S/C3H4N3O2/c7-6(8)3-4-1-2-5-3/h1-2H2. The molecule has 1 heterocycles. The Hall–Kier alpha value is -1.13. The van der Waals surface area contributed by atoms with Crippen LogP contribution in [0, 0.1) is 10.1 Å². The van der Waals surface area contributed by atoms with Gasteiger partial charge in [0.2, 0.25) is 0 Å². The highest BCUT2D eigenvalue weighted by Crippen LogP contribution is 1.86. The van der Waals surface area contributed by atoms with Gasteiger partial charge < -0.3 is 10.1 Å². The Morgan fingerprint density at radius 1 is 1.62 bits per heavy atom. The van der Waals surface area contributed by atoms with Gasteiger partial charge >= 0.3 is 5.96 Å². The third-order valence-corrected chi connectivity index (χ3v) is 0.770. The average Bonchev–Trinajstić information content (AvgIpc) is 2.12. The van der Waals surface area contributed by atoms with Gasteiger partial charge in [0, 0.05) is 0 Å². The highest BCUT2D eigenvalue weighted by molar-refractivity contribution is 5.72. The fourth-order valence-electron chi connectivity index (χ4n) is 0.465. The maximum atomic E-state index is 9.78. The number of guanidine groups is 1. The van der Waals surface area contributed by atoms with Crippen molar-refractivity contribution in [2.75, 3.05) is 13.1 Å². The summed E-state index contributed by atoms with van der Waals surface area (Å²) >= 11 is 0. The van der Waals surface area contributed by atoms with Gasteiger partial charge in [0.25, 0.3) is 0 Å². The predicted octanol–water partition coefficient (Wildman–Crippen LogP) is -0.763. The fourth-order valence-corrected chi connectivity index (χ4v) is 0.465. The SMILES string of the molecule is O=[N+]([O-])C1=NCC[N]1. The Kier molecular flexibility index (Phi) is 1.11. The molecule has 0 fully saturated rings. The van der Waals surface area contributed by atoms with Crippen LogP contribution in [0.25, 0.3) is 0 Å². The van der Waals surface area contributed by atoms with Crippen molar-refractivity contribution >= 4 is 5.96 Å². The van der Waals surface area contributed by atoms with Gasteiger partial charge in [-0.3, -0.25) is 0 Å². The predicted molar refractivity (Wildman–Crippen MR) is 26.3 cm³/mol. The van der Waals surface area contributed by atoms with Crippen LogP contribution in [-0.4, -0.2) is 24.0 Å². The summed E-state index contributed by atoms with van der Waals surface area (Å²) in [7, 11) is 0. The zero-order chi connectivity index (χ0) is 5.98. The molecule has 1 aliphatic heterocycles. The maximum Gasteiger partial charge on any atom is 0.458 e. The van der Waals surface area contributed by atoms with E-state index in [1.807, 2.05) is 0 Å². The molecule has 1 radical (unpaired) electrons. The van der Waals surface area contributed by atoms with E-state index in [9.17, 15) is 10.1 Å². The van der Waals surface area contributed by atoms with E-state index < -0.39 is 4.92 Å². The van der Waals surface area contributed by atoms with Crippen molar-refractivity contribution in [3.63, 3.8) is 0 Å². The van der Waals surface area contributed by atoms with Gasteiger partial charge in [-0.05, 0) is 4.92 Å². The van der Waals surface area contributed by atoms with E-state index in [0.717, 1.165) is 0 Å². The zero-order valence-electron chi connectivity index (χ0n) is 4.07. The van der Waals surface area contributed by atoms with Crippen LogP contribution in [0.3, 0.4) is 0 Å². The Balaban J connectivity index is 2.57. The molecule has 0 amide bonds. The first-order chi connectivity index (χ1) is 3.80. The van der Waals surface area contributed by atoms with Crippen LogP contribution in [0.2, 0.25) is 0 Å². The Bertz CT molecular complexity index is 141. The summed E-state index contributed by atoms with van der Waals surface area (Å²) in [6.45, 7) is 0.937. The van der Waals surface area contributed by atoms with E-state index in [0.29, 0.717) is 13.1 Å². The molecule has 0 unspecified atom stereocenters. The quantitative estimate of drug-likeness (QED) is 0.306.